The minimum absolute atomic E-state index is 0.241. The highest BCUT2D eigenvalue weighted by atomic mass is 35.5. The highest BCUT2D eigenvalue weighted by Gasteiger charge is 2.34. The molecule has 1 aromatic rings. The molecule has 1 aliphatic rings. The zero-order chi connectivity index (χ0) is 18.4. The van der Waals surface area contributed by atoms with Crippen LogP contribution in [0.1, 0.15) is 24.9 Å². The van der Waals surface area contributed by atoms with Crippen molar-refractivity contribution in [3.05, 3.63) is 46.5 Å². The Morgan fingerprint density at radius 2 is 2.16 bits per heavy atom. The molecule has 0 aromatic heterocycles. The summed E-state index contributed by atoms with van der Waals surface area (Å²) >= 11 is 6.26. The first-order chi connectivity index (χ1) is 12.0. The Labute approximate surface area is 152 Å². The van der Waals surface area contributed by atoms with E-state index in [1.807, 2.05) is 4.90 Å². The Hall–Kier alpha value is -1.89. The fraction of sp³-hybridized carbons (Fsp3) is 0.444. The second-order valence-electron chi connectivity index (χ2n) is 5.69. The van der Waals surface area contributed by atoms with Crippen LogP contribution < -0.4 is 0 Å². The minimum atomic E-state index is -0.745. The summed E-state index contributed by atoms with van der Waals surface area (Å²) in [4.78, 5) is 25.9. The van der Waals surface area contributed by atoms with E-state index in [0.29, 0.717) is 29.1 Å². The van der Waals surface area contributed by atoms with Gasteiger partial charge in [0.15, 0.2) is 0 Å². The topological polar surface area (TPSA) is 76.1 Å². The summed E-state index contributed by atoms with van der Waals surface area (Å²) in [5.74, 6) is -0.953. The molecule has 2 rings (SSSR count). The van der Waals surface area contributed by atoms with Crippen LogP contribution in [0, 0.1) is 0 Å². The molecule has 1 aliphatic heterocycles. The maximum atomic E-state index is 12.4. The molecule has 1 aromatic carbocycles. The van der Waals surface area contributed by atoms with Gasteiger partial charge in [0.1, 0.15) is 6.04 Å². The first-order valence-corrected chi connectivity index (χ1v) is 8.47. The number of halogens is 1. The SMILES string of the molecule is CCOC(=O)/C=C1\CN(C(C(=O)OC)c2ccccc2Cl)CCC1O. The van der Waals surface area contributed by atoms with E-state index >= 15 is 0 Å². The molecule has 0 bridgehead atoms. The van der Waals surface area contributed by atoms with Gasteiger partial charge in [-0.3, -0.25) is 4.90 Å². The number of hydrogen-bond acceptors (Lipinski definition) is 6. The summed E-state index contributed by atoms with van der Waals surface area (Å²) < 4.78 is 9.85. The maximum Gasteiger partial charge on any atom is 0.330 e. The number of hydrogen-bond donors (Lipinski definition) is 1. The van der Waals surface area contributed by atoms with Gasteiger partial charge >= 0.3 is 11.9 Å². The highest BCUT2D eigenvalue weighted by molar-refractivity contribution is 6.31. The highest BCUT2D eigenvalue weighted by Crippen LogP contribution is 2.32. The summed E-state index contributed by atoms with van der Waals surface area (Å²) in [6.07, 6.45) is 0.940. The molecule has 0 saturated carbocycles. The predicted molar refractivity (Wildman–Crippen MR) is 93.1 cm³/mol. The standard InChI is InChI=1S/C18H22ClNO5/c1-3-25-16(22)10-12-11-20(9-8-15(12)21)17(18(23)24-2)13-6-4-5-7-14(13)19/h4-7,10,15,17,21H,3,8-9,11H2,1-2H3/b12-10+. The van der Waals surface area contributed by atoms with Gasteiger partial charge in [0.25, 0.3) is 0 Å². The second-order valence-corrected chi connectivity index (χ2v) is 6.10. The number of rotatable bonds is 5. The van der Waals surface area contributed by atoms with Crippen LogP contribution in [0.15, 0.2) is 35.9 Å². The van der Waals surface area contributed by atoms with Crippen molar-refractivity contribution < 1.29 is 24.2 Å². The first-order valence-electron chi connectivity index (χ1n) is 8.09. The van der Waals surface area contributed by atoms with Gasteiger partial charge in [-0.1, -0.05) is 29.8 Å². The Morgan fingerprint density at radius 3 is 2.80 bits per heavy atom. The number of carbonyl (C=O) groups is 2. The summed E-state index contributed by atoms with van der Waals surface area (Å²) in [5, 5.41) is 10.6. The summed E-state index contributed by atoms with van der Waals surface area (Å²) in [7, 11) is 1.32. The average Bonchev–Trinajstić information content (AvgIpc) is 2.59. The fourth-order valence-corrected chi connectivity index (χ4v) is 3.11. The van der Waals surface area contributed by atoms with Gasteiger partial charge in [-0.25, -0.2) is 9.59 Å². The first kappa shape index (κ1) is 19.4. The molecule has 2 atom stereocenters. The van der Waals surface area contributed by atoms with Crippen molar-refractivity contribution in [1.82, 2.24) is 4.90 Å². The van der Waals surface area contributed by atoms with Gasteiger partial charge in [0.2, 0.25) is 0 Å². The van der Waals surface area contributed by atoms with Crippen LogP contribution in [0.2, 0.25) is 5.02 Å². The second kappa shape index (κ2) is 8.99. The molecule has 1 heterocycles. The minimum Gasteiger partial charge on any atom is -0.468 e. The third kappa shape index (κ3) is 4.81. The number of likely N-dealkylation sites (tertiary alicyclic amines) is 1. The molecule has 2 unspecified atom stereocenters. The van der Waals surface area contributed by atoms with E-state index < -0.39 is 24.1 Å². The monoisotopic (exact) mass is 367 g/mol. The number of piperidine rings is 1. The quantitative estimate of drug-likeness (QED) is 0.634. The smallest absolute Gasteiger partial charge is 0.330 e. The van der Waals surface area contributed by atoms with Crippen LogP contribution >= 0.6 is 11.6 Å². The van der Waals surface area contributed by atoms with Crippen LogP contribution in [0.25, 0.3) is 0 Å². The lowest BCUT2D eigenvalue weighted by molar-refractivity contribution is -0.147. The number of aliphatic hydroxyl groups is 1. The number of esters is 2. The Morgan fingerprint density at radius 1 is 1.44 bits per heavy atom. The Bertz CT molecular complexity index is 661. The van der Waals surface area contributed by atoms with E-state index in [1.54, 1.807) is 31.2 Å². The van der Waals surface area contributed by atoms with E-state index in [2.05, 4.69) is 0 Å². The van der Waals surface area contributed by atoms with Gasteiger partial charge < -0.3 is 14.6 Å². The summed E-state index contributed by atoms with van der Waals surface area (Å²) in [6, 6.07) is 6.35. The molecular weight excluding hydrogens is 346 g/mol. The van der Waals surface area contributed by atoms with Crippen molar-refractivity contribution in [2.75, 3.05) is 26.8 Å². The van der Waals surface area contributed by atoms with Crippen molar-refractivity contribution in [1.29, 1.82) is 0 Å². The van der Waals surface area contributed by atoms with Crippen LogP contribution in [0.5, 0.6) is 0 Å². The van der Waals surface area contributed by atoms with E-state index in [4.69, 9.17) is 21.1 Å². The number of nitrogens with zero attached hydrogens (tertiary/aromatic N) is 1. The van der Waals surface area contributed by atoms with Gasteiger partial charge in [0.05, 0.1) is 19.8 Å². The molecule has 0 radical (unpaired) electrons. The van der Waals surface area contributed by atoms with Crippen LogP contribution in [0.4, 0.5) is 0 Å². The molecule has 25 heavy (non-hydrogen) atoms. The third-order valence-corrected chi connectivity index (χ3v) is 4.43. The molecule has 0 spiro atoms. The number of benzene rings is 1. The number of carbonyl (C=O) groups excluding carboxylic acids is 2. The van der Waals surface area contributed by atoms with E-state index in [1.165, 1.54) is 13.2 Å². The maximum absolute atomic E-state index is 12.4. The largest absolute Gasteiger partial charge is 0.468 e. The zero-order valence-electron chi connectivity index (χ0n) is 14.3. The van der Waals surface area contributed by atoms with Gasteiger partial charge in [0, 0.05) is 24.2 Å². The lowest BCUT2D eigenvalue weighted by Gasteiger charge is -2.36. The van der Waals surface area contributed by atoms with Gasteiger partial charge in [-0.15, -0.1) is 0 Å². The summed E-state index contributed by atoms with van der Waals surface area (Å²) in [6.45, 7) is 2.68. The van der Waals surface area contributed by atoms with Crippen molar-refractivity contribution in [3.8, 4) is 0 Å². The average molecular weight is 368 g/mol. The van der Waals surface area contributed by atoms with E-state index in [9.17, 15) is 14.7 Å². The van der Waals surface area contributed by atoms with Gasteiger partial charge in [-0.05, 0) is 30.5 Å². The molecule has 0 aliphatic carbocycles. The molecule has 136 valence electrons. The van der Waals surface area contributed by atoms with Crippen LogP contribution in [-0.2, 0) is 19.1 Å². The van der Waals surface area contributed by atoms with Crippen molar-refractivity contribution >= 4 is 23.5 Å². The van der Waals surface area contributed by atoms with Crippen molar-refractivity contribution in [2.24, 2.45) is 0 Å². The summed E-state index contributed by atoms with van der Waals surface area (Å²) in [5.41, 5.74) is 1.13. The van der Waals surface area contributed by atoms with Crippen LogP contribution in [0.3, 0.4) is 0 Å². The van der Waals surface area contributed by atoms with Crippen molar-refractivity contribution in [3.63, 3.8) is 0 Å². The van der Waals surface area contributed by atoms with Crippen LogP contribution in [-0.4, -0.2) is 54.9 Å². The Kier molecular flexibility index (Phi) is 6.99. The normalized spacial score (nSPS) is 21.0. The number of methoxy groups -OCH3 is 1. The zero-order valence-corrected chi connectivity index (χ0v) is 15.0. The van der Waals surface area contributed by atoms with Crippen molar-refractivity contribution in [2.45, 2.75) is 25.5 Å². The predicted octanol–water partition coefficient (Wildman–Crippen LogP) is 2.11. The molecule has 0 amide bonds. The molecule has 7 heteroatoms. The third-order valence-electron chi connectivity index (χ3n) is 4.08. The molecule has 6 nitrogen and oxygen atoms in total. The lowest BCUT2D eigenvalue weighted by atomic mass is 9.96. The Balaban J connectivity index is 2.30. The molecule has 1 N–H and O–H groups in total. The van der Waals surface area contributed by atoms with Gasteiger partial charge in [-0.2, -0.15) is 0 Å². The number of aliphatic hydroxyl groups excluding tert-OH is 1. The number of ether oxygens (including phenoxy) is 2. The molecular formula is C18H22ClNO5. The molecule has 1 saturated heterocycles. The van der Waals surface area contributed by atoms with E-state index in [0.717, 1.165) is 0 Å². The van der Waals surface area contributed by atoms with E-state index in [-0.39, 0.29) is 13.2 Å². The fourth-order valence-electron chi connectivity index (χ4n) is 2.87. The molecule has 1 fully saturated rings. The lowest BCUT2D eigenvalue weighted by Crippen LogP contribution is -2.43.